The minimum atomic E-state index is -0.597. The topological polar surface area (TPSA) is 47.3 Å². The summed E-state index contributed by atoms with van der Waals surface area (Å²) in [6.45, 7) is 6.99. The number of nitrogens with zero attached hydrogens (tertiary/aromatic N) is 2. The number of benzene rings is 2. The van der Waals surface area contributed by atoms with Crippen LogP contribution in [0, 0.1) is 6.92 Å². The summed E-state index contributed by atoms with van der Waals surface area (Å²) in [4.78, 5) is 4.71. The molecule has 1 aromatic heterocycles. The fraction of sp³-hybridized carbons (Fsp3) is 0.350. The van der Waals surface area contributed by atoms with E-state index in [2.05, 4.69) is 18.4 Å². The molecule has 24 heavy (non-hydrogen) atoms. The lowest BCUT2D eigenvalue weighted by molar-refractivity contribution is 0.0925. The number of aliphatic hydroxyl groups is 1. The summed E-state index contributed by atoms with van der Waals surface area (Å²) in [5, 5.41) is 10.4. The molecule has 0 radical (unpaired) electrons. The fourth-order valence-corrected chi connectivity index (χ4v) is 2.89. The van der Waals surface area contributed by atoms with E-state index in [0.717, 1.165) is 28.2 Å². The van der Waals surface area contributed by atoms with Crippen LogP contribution in [0.25, 0.3) is 11.0 Å². The molecule has 1 atom stereocenters. The molecular weight excluding hydrogens is 300 g/mol. The normalized spacial score (nSPS) is 12.7. The molecule has 1 N–H and O–H groups in total. The Morgan fingerprint density at radius 1 is 1.12 bits per heavy atom. The van der Waals surface area contributed by atoms with Crippen LogP contribution in [-0.4, -0.2) is 27.4 Å². The molecule has 0 aliphatic carbocycles. The Bertz CT molecular complexity index is 823. The minimum Gasteiger partial charge on any atom is -0.491 e. The van der Waals surface area contributed by atoms with E-state index in [0.29, 0.717) is 12.5 Å². The van der Waals surface area contributed by atoms with Crippen LogP contribution in [0.2, 0.25) is 0 Å². The van der Waals surface area contributed by atoms with Crippen molar-refractivity contribution in [1.29, 1.82) is 0 Å². The van der Waals surface area contributed by atoms with Crippen LogP contribution < -0.4 is 4.74 Å². The predicted molar refractivity (Wildman–Crippen MR) is 96.5 cm³/mol. The van der Waals surface area contributed by atoms with Crippen molar-refractivity contribution in [2.75, 3.05) is 6.61 Å². The maximum absolute atomic E-state index is 10.4. The van der Waals surface area contributed by atoms with Crippen molar-refractivity contribution in [3.8, 4) is 5.75 Å². The number of hydrogen-bond acceptors (Lipinski definition) is 3. The molecule has 0 aliphatic rings. The number of hydrogen-bond donors (Lipinski definition) is 1. The van der Waals surface area contributed by atoms with Crippen LogP contribution in [0.1, 0.15) is 31.2 Å². The number of aromatic nitrogens is 2. The van der Waals surface area contributed by atoms with Crippen LogP contribution in [-0.2, 0) is 6.54 Å². The van der Waals surface area contributed by atoms with Crippen molar-refractivity contribution in [2.45, 2.75) is 39.3 Å². The van der Waals surface area contributed by atoms with Crippen LogP contribution in [0.4, 0.5) is 0 Å². The Morgan fingerprint density at radius 2 is 1.92 bits per heavy atom. The molecule has 0 aliphatic heterocycles. The molecule has 0 bridgehead atoms. The van der Waals surface area contributed by atoms with Gasteiger partial charge in [0, 0.05) is 5.92 Å². The van der Waals surface area contributed by atoms with Gasteiger partial charge < -0.3 is 14.4 Å². The smallest absolute Gasteiger partial charge is 0.119 e. The molecule has 3 rings (SSSR count). The Hall–Kier alpha value is -2.33. The highest BCUT2D eigenvalue weighted by Crippen LogP contribution is 2.22. The summed E-state index contributed by atoms with van der Waals surface area (Å²) in [7, 11) is 0. The quantitative estimate of drug-likeness (QED) is 0.748. The third kappa shape index (κ3) is 3.60. The third-order valence-electron chi connectivity index (χ3n) is 4.03. The van der Waals surface area contributed by atoms with Crippen molar-refractivity contribution < 1.29 is 9.84 Å². The summed E-state index contributed by atoms with van der Waals surface area (Å²) in [5.41, 5.74) is 3.16. The van der Waals surface area contributed by atoms with E-state index in [1.165, 1.54) is 0 Å². The van der Waals surface area contributed by atoms with Gasteiger partial charge in [-0.1, -0.05) is 38.1 Å². The number of fused-ring (bicyclic) bond motifs is 1. The van der Waals surface area contributed by atoms with Gasteiger partial charge in [0.1, 0.15) is 24.3 Å². The summed E-state index contributed by atoms with van der Waals surface area (Å²) < 4.78 is 7.83. The molecule has 0 saturated carbocycles. The molecule has 3 aromatic rings. The second kappa shape index (κ2) is 7.05. The van der Waals surface area contributed by atoms with E-state index in [1.54, 1.807) is 0 Å². The van der Waals surface area contributed by atoms with Crippen LogP contribution in [0.15, 0.2) is 48.5 Å². The van der Waals surface area contributed by atoms with E-state index in [9.17, 15) is 5.11 Å². The number of ether oxygens (including phenoxy) is 1. The summed E-state index contributed by atoms with van der Waals surface area (Å²) in [5.74, 6) is 2.07. The summed E-state index contributed by atoms with van der Waals surface area (Å²) in [6.07, 6.45) is -0.597. The van der Waals surface area contributed by atoms with Gasteiger partial charge in [0.15, 0.2) is 0 Å². The van der Waals surface area contributed by atoms with E-state index in [-0.39, 0.29) is 6.61 Å². The lowest BCUT2D eigenvalue weighted by Crippen LogP contribution is -2.24. The maximum atomic E-state index is 10.4. The average Bonchev–Trinajstić information content (AvgIpc) is 2.92. The molecular formula is C20H24N2O2. The monoisotopic (exact) mass is 324 g/mol. The number of imidazole rings is 1. The van der Waals surface area contributed by atoms with E-state index in [1.807, 2.05) is 55.5 Å². The van der Waals surface area contributed by atoms with Crippen LogP contribution >= 0.6 is 0 Å². The van der Waals surface area contributed by atoms with Gasteiger partial charge >= 0.3 is 0 Å². The Morgan fingerprint density at radius 3 is 2.67 bits per heavy atom. The zero-order chi connectivity index (χ0) is 17.1. The van der Waals surface area contributed by atoms with Crippen molar-refractivity contribution in [1.82, 2.24) is 9.55 Å². The van der Waals surface area contributed by atoms with Gasteiger partial charge in [-0.3, -0.25) is 0 Å². The molecule has 126 valence electrons. The second-order valence-electron chi connectivity index (χ2n) is 6.51. The first-order valence-electron chi connectivity index (χ1n) is 8.37. The highest BCUT2D eigenvalue weighted by Gasteiger charge is 2.16. The lowest BCUT2D eigenvalue weighted by Gasteiger charge is -2.17. The molecule has 0 saturated heterocycles. The zero-order valence-electron chi connectivity index (χ0n) is 14.4. The number of aliphatic hydroxyl groups excluding tert-OH is 1. The molecule has 1 heterocycles. The van der Waals surface area contributed by atoms with Gasteiger partial charge in [0.2, 0.25) is 0 Å². The fourth-order valence-electron chi connectivity index (χ4n) is 2.89. The standard InChI is InChI=1S/C20H24N2O2/c1-14(2)20-21-18-9-4-5-10-19(18)22(20)12-16(23)13-24-17-8-6-7-15(3)11-17/h4-11,14,16,23H,12-13H2,1-3H3/t16-/m1/s1. The molecule has 0 unspecified atom stereocenters. The molecule has 2 aromatic carbocycles. The first-order chi connectivity index (χ1) is 11.5. The van der Waals surface area contributed by atoms with Crippen LogP contribution in [0.5, 0.6) is 5.75 Å². The second-order valence-corrected chi connectivity index (χ2v) is 6.51. The lowest BCUT2D eigenvalue weighted by atomic mass is 10.2. The van der Waals surface area contributed by atoms with Gasteiger partial charge in [-0.2, -0.15) is 0 Å². The van der Waals surface area contributed by atoms with E-state index < -0.39 is 6.10 Å². The Balaban J connectivity index is 1.75. The molecule has 0 spiro atoms. The van der Waals surface area contributed by atoms with Gasteiger partial charge in [-0.25, -0.2) is 4.98 Å². The predicted octanol–water partition coefficient (Wildman–Crippen LogP) is 3.91. The average molecular weight is 324 g/mol. The van der Waals surface area contributed by atoms with Crippen LogP contribution in [0.3, 0.4) is 0 Å². The first kappa shape index (κ1) is 16.5. The van der Waals surface area contributed by atoms with E-state index >= 15 is 0 Å². The molecule has 0 fully saturated rings. The van der Waals surface area contributed by atoms with E-state index in [4.69, 9.17) is 9.72 Å². The molecule has 4 nitrogen and oxygen atoms in total. The largest absolute Gasteiger partial charge is 0.491 e. The Kier molecular flexibility index (Phi) is 4.86. The first-order valence-corrected chi connectivity index (χ1v) is 8.37. The zero-order valence-corrected chi connectivity index (χ0v) is 14.4. The highest BCUT2D eigenvalue weighted by molar-refractivity contribution is 5.76. The maximum Gasteiger partial charge on any atom is 0.119 e. The van der Waals surface area contributed by atoms with Crippen molar-refractivity contribution in [3.05, 3.63) is 59.9 Å². The van der Waals surface area contributed by atoms with Gasteiger partial charge in [0.25, 0.3) is 0 Å². The molecule has 4 heteroatoms. The highest BCUT2D eigenvalue weighted by atomic mass is 16.5. The van der Waals surface area contributed by atoms with Crippen molar-refractivity contribution in [3.63, 3.8) is 0 Å². The Labute approximate surface area is 142 Å². The van der Waals surface area contributed by atoms with Crippen molar-refractivity contribution >= 4 is 11.0 Å². The van der Waals surface area contributed by atoms with Gasteiger partial charge in [-0.05, 0) is 36.8 Å². The minimum absolute atomic E-state index is 0.257. The van der Waals surface area contributed by atoms with Crippen molar-refractivity contribution in [2.24, 2.45) is 0 Å². The number of rotatable bonds is 6. The summed E-state index contributed by atoms with van der Waals surface area (Å²) in [6, 6.07) is 15.9. The summed E-state index contributed by atoms with van der Waals surface area (Å²) >= 11 is 0. The number of para-hydroxylation sites is 2. The molecule has 0 amide bonds. The SMILES string of the molecule is Cc1cccc(OC[C@H](O)Cn2c(C(C)C)nc3ccccc32)c1. The number of aryl methyl sites for hydroxylation is 1. The van der Waals surface area contributed by atoms with Gasteiger partial charge in [-0.15, -0.1) is 0 Å². The van der Waals surface area contributed by atoms with Gasteiger partial charge in [0.05, 0.1) is 17.6 Å². The third-order valence-corrected chi connectivity index (χ3v) is 4.03.